The summed E-state index contributed by atoms with van der Waals surface area (Å²) in [6, 6.07) is 14.5. The molecule has 0 saturated heterocycles. The van der Waals surface area contributed by atoms with Crippen LogP contribution in [0, 0.1) is 19.8 Å². The summed E-state index contributed by atoms with van der Waals surface area (Å²) < 4.78 is 6.14. The quantitative estimate of drug-likeness (QED) is 0.406. The van der Waals surface area contributed by atoms with Gasteiger partial charge in [0.15, 0.2) is 5.78 Å². The number of rotatable bonds is 10. The predicted octanol–water partition coefficient (Wildman–Crippen LogP) is 6.57. The number of nitrogens with zero attached hydrogens (tertiary/aromatic N) is 1. The predicted molar refractivity (Wildman–Crippen MR) is 129 cm³/mol. The third-order valence-electron chi connectivity index (χ3n) is 6.86. The molecule has 1 unspecified atom stereocenters. The standard InChI is InChI=1S/C28H39NO2/c1-5-29(6-2)17-18-31-28-21(3)19-25(20-22(28)4)27(30)26(23-13-9-7-10-14-23)24-15-11-8-12-16-24/h7,9-10,13-14,19-20,24,26H,5-6,8,11-12,15-18H2,1-4H3. The van der Waals surface area contributed by atoms with Gasteiger partial charge in [0.05, 0.1) is 5.92 Å². The number of hydrogen-bond donors (Lipinski definition) is 0. The van der Waals surface area contributed by atoms with E-state index in [2.05, 4.69) is 56.9 Å². The molecule has 0 N–H and O–H groups in total. The Bertz CT molecular complexity index is 812. The molecule has 0 aromatic heterocycles. The van der Waals surface area contributed by atoms with E-state index in [-0.39, 0.29) is 11.7 Å². The third kappa shape index (κ3) is 5.98. The molecular formula is C28H39NO2. The molecule has 3 rings (SSSR count). The van der Waals surface area contributed by atoms with Gasteiger partial charge in [-0.05, 0) is 74.5 Å². The fraction of sp³-hybridized carbons (Fsp3) is 0.536. The Morgan fingerprint density at radius 3 is 2.19 bits per heavy atom. The lowest BCUT2D eigenvalue weighted by Gasteiger charge is -2.30. The fourth-order valence-electron chi connectivity index (χ4n) is 5.08. The molecule has 0 spiro atoms. The maximum absolute atomic E-state index is 13.8. The van der Waals surface area contributed by atoms with Crippen LogP contribution in [0.2, 0.25) is 0 Å². The summed E-state index contributed by atoms with van der Waals surface area (Å²) in [5.74, 6) is 1.58. The first kappa shape index (κ1) is 23.5. The van der Waals surface area contributed by atoms with E-state index in [9.17, 15) is 4.79 Å². The molecule has 0 bridgehead atoms. The number of Topliss-reactive ketones (excluding diaryl/α,β-unsaturated/α-hetero) is 1. The van der Waals surface area contributed by atoms with Gasteiger partial charge in [-0.15, -0.1) is 0 Å². The Hall–Kier alpha value is -2.13. The molecule has 2 aromatic rings. The molecule has 0 amide bonds. The number of ether oxygens (including phenoxy) is 1. The van der Waals surface area contributed by atoms with Gasteiger partial charge in [-0.2, -0.15) is 0 Å². The van der Waals surface area contributed by atoms with Crippen LogP contribution in [-0.4, -0.2) is 36.9 Å². The highest BCUT2D eigenvalue weighted by molar-refractivity contribution is 6.01. The van der Waals surface area contributed by atoms with E-state index in [0.29, 0.717) is 12.5 Å². The van der Waals surface area contributed by atoms with Crippen molar-refractivity contribution in [2.75, 3.05) is 26.2 Å². The van der Waals surface area contributed by atoms with Gasteiger partial charge in [-0.1, -0.05) is 63.4 Å². The zero-order chi connectivity index (χ0) is 22.2. The summed E-state index contributed by atoms with van der Waals surface area (Å²) in [6.07, 6.45) is 6.06. The normalized spacial score (nSPS) is 15.8. The highest BCUT2D eigenvalue weighted by Crippen LogP contribution is 2.39. The van der Waals surface area contributed by atoms with Crippen LogP contribution >= 0.6 is 0 Å². The molecule has 31 heavy (non-hydrogen) atoms. The van der Waals surface area contributed by atoms with Crippen LogP contribution in [-0.2, 0) is 0 Å². The van der Waals surface area contributed by atoms with E-state index < -0.39 is 0 Å². The van der Waals surface area contributed by atoms with Crippen LogP contribution in [0.1, 0.15) is 78.9 Å². The highest BCUT2D eigenvalue weighted by Gasteiger charge is 2.32. The first-order valence-electron chi connectivity index (χ1n) is 12.1. The van der Waals surface area contributed by atoms with E-state index in [1.807, 2.05) is 18.2 Å². The molecule has 3 heteroatoms. The Labute approximate surface area is 188 Å². The number of hydrogen-bond acceptors (Lipinski definition) is 3. The van der Waals surface area contributed by atoms with Crippen LogP contribution in [0.3, 0.4) is 0 Å². The van der Waals surface area contributed by atoms with Gasteiger partial charge in [0, 0.05) is 12.1 Å². The van der Waals surface area contributed by atoms with Gasteiger partial charge < -0.3 is 9.64 Å². The second-order valence-corrected chi connectivity index (χ2v) is 8.97. The van der Waals surface area contributed by atoms with Crippen molar-refractivity contribution in [3.8, 4) is 5.75 Å². The zero-order valence-electron chi connectivity index (χ0n) is 19.8. The van der Waals surface area contributed by atoms with Gasteiger partial charge in [-0.3, -0.25) is 4.79 Å². The molecule has 3 nitrogen and oxygen atoms in total. The summed E-state index contributed by atoms with van der Waals surface area (Å²) in [4.78, 5) is 16.2. The average molecular weight is 422 g/mol. The number of benzene rings is 2. The minimum Gasteiger partial charge on any atom is -0.492 e. The fourth-order valence-corrected chi connectivity index (χ4v) is 5.08. The SMILES string of the molecule is CCN(CC)CCOc1c(C)cc(C(=O)C(c2ccccc2)C2CCCCC2)cc1C. The van der Waals surface area contributed by atoms with Crippen molar-refractivity contribution in [3.05, 3.63) is 64.7 Å². The van der Waals surface area contributed by atoms with Crippen molar-refractivity contribution in [1.82, 2.24) is 4.90 Å². The Balaban J connectivity index is 1.81. The number of carbonyl (C=O) groups is 1. The maximum atomic E-state index is 13.8. The summed E-state index contributed by atoms with van der Waals surface area (Å²) in [5, 5.41) is 0. The van der Waals surface area contributed by atoms with Crippen molar-refractivity contribution in [3.63, 3.8) is 0 Å². The van der Waals surface area contributed by atoms with Gasteiger partial charge in [0.1, 0.15) is 12.4 Å². The Morgan fingerprint density at radius 2 is 1.61 bits per heavy atom. The molecule has 1 atom stereocenters. The van der Waals surface area contributed by atoms with E-state index in [1.165, 1.54) is 19.3 Å². The lowest BCUT2D eigenvalue weighted by Crippen LogP contribution is -2.28. The van der Waals surface area contributed by atoms with Crippen molar-refractivity contribution in [2.45, 2.75) is 65.7 Å². The summed E-state index contributed by atoms with van der Waals surface area (Å²) in [6.45, 7) is 12.1. The van der Waals surface area contributed by atoms with Crippen LogP contribution in [0.15, 0.2) is 42.5 Å². The summed E-state index contributed by atoms with van der Waals surface area (Å²) in [5.41, 5.74) is 4.09. The molecular weight excluding hydrogens is 382 g/mol. The minimum absolute atomic E-state index is 0.0465. The first-order chi connectivity index (χ1) is 15.0. The minimum atomic E-state index is -0.0465. The molecule has 2 aromatic carbocycles. The van der Waals surface area contributed by atoms with Gasteiger partial charge in [0.2, 0.25) is 0 Å². The Kier molecular flexibility index (Phi) is 8.71. The van der Waals surface area contributed by atoms with Crippen molar-refractivity contribution in [1.29, 1.82) is 0 Å². The van der Waals surface area contributed by atoms with Crippen molar-refractivity contribution in [2.24, 2.45) is 5.92 Å². The molecule has 1 aliphatic carbocycles. The van der Waals surface area contributed by atoms with Gasteiger partial charge >= 0.3 is 0 Å². The number of ketones is 1. The highest BCUT2D eigenvalue weighted by atomic mass is 16.5. The summed E-state index contributed by atoms with van der Waals surface area (Å²) in [7, 11) is 0. The van der Waals surface area contributed by atoms with Crippen LogP contribution in [0.4, 0.5) is 0 Å². The average Bonchev–Trinajstić information content (AvgIpc) is 2.79. The van der Waals surface area contributed by atoms with Gasteiger partial charge in [0.25, 0.3) is 0 Å². The Morgan fingerprint density at radius 1 is 1.00 bits per heavy atom. The number of likely N-dealkylation sites (N-methyl/N-ethyl adjacent to an activating group) is 1. The van der Waals surface area contributed by atoms with Gasteiger partial charge in [-0.25, -0.2) is 0 Å². The smallest absolute Gasteiger partial charge is 0.170 e. The monoisotopic (exact) mass is 421 g/mol. The topological polar surface area (TPSA) is 29.5 Å². The molecule has 1 fully saturated rings. The summed E-state index contributed by atoms with van der Waals surface area (Å²) >= 11 is 0. The molecule has 168 valence electrons. The lowest BCUT2D eigenvalue weighted by atomic mass is 9.73. The lowest BCUT2D eigenvalue weighted by molar-refractivity contribution is 0.0912. The van der Waals surface area contributed by atoms with E-state index in [1.54, 1.807) is 0 Å². The number of carbonyl (C=O) groups excluding carboxylic acids is 1. The largest absolute Gasteiger partial charge is 0.492 e. The molecule has 0 radical (unpaired) electrons. The maximum Gasteiger partial charge on any atom is 0.170 e. The molecule has 1 saturated carbocycles. The van der Waals surface area contributed by atoms with Crippen molar-refractivity contribution < 1.29 is 9.53 Å². The van der Waals surface area contributed by atoms with E-state index >= 15 is 0 Å². The first-order valence-corrected chi connectivity index (χ1v) is 12.1. The molecule has 0 heterocycles. The van der Waals surface area contributed by atoms with Crippen LogP contribution in [0.5, 0.6) is 5.75 Å². The third-order valence-corrected chi connectivity index (χ3v) is 6.86. The van der Waals surface area contributed by atoms with E-state index in [0.717, 1.165) is 60.5 Å². The van der Waals surface area contributed by atoms with E-state index in [4.69, 9.17) is 4.74 Å². The molecule has 0 aliphatic heterocycles. The second kappa shape index (κ2) is 11.5. The van der Waals surface area contributed by atoms with Crippen LogP contribution < -0.4 is 4.74 Å². The zero-order valence-corrected chi connectivity index (χ0v) is 19.8. The van der Waals surface area contributed by atoms with Crippen LogP contribution in [0.25, 0.3) is 0 Å². The second-order valence-electron chi connectivity index (χ2n) is 8.97. The molecule has 1 aliphatic rings. The number of aryl methyl sites for hydroxylation is 2. The van der Waals surface area contributed by atoms with Crippen molar-refractivity contribution >= 4 is 5.78 Å².